The first-order chi connectivity index (χ1) is 14.5. The summed E-state index contributed by atoms with van der Waals surface area (Å²) in [5.74, 6) is -0.764. The molecular formula is C21H28O8S2. The molecule has 0 aromatic heterocycles. The van der Waals surface area contributed by atoms with Crippen LogP contribution in [0.2, 0.25) is 0 Å². The van der Waals surface area contributed by atoms with E-state index in [1.54, 1.807) is 48.5 Å². The van der Waals surface area contributed by atoms with E-state index < -0.39 is 25.5 Å². The Morgan fingerprint density at radius 3 is 1.23 bits per heavy atom. The molecule has 0 saturated heterocycles. The maximum Gasteiger partial charge on any atom is 0.222 e. The van der Waals surface area contributed by atoms with Crippen molar-refractivity contribution < 1.29 is 35.8 Å². The Labute approximate surface area is 183 Å². The molecule has 0 fully saturated rings. The fourth-order valence-corrected chi connectivity index (χ4v) is 3.61. The zero-order chi connectivity index (χ0) is 23.1. The van der Waals surface area contributed by atoms with E-state index in [1.165, 1.54) is 14.2 Å². The molecule has 0 unspecified atom stereocenters. The van der Waals surface area contributed by atoms with Crippen molar-refractivity contribution in [2.45, 2.75) is 5.79 Å². The van der Waals surface area contributed by atoms with Crippen molar-refractivity contribution in [3.05, 3.63) is 59.7 Å². The molecule has 0 radical (unpaired) electrons. The van der Waals surface area contributed by atoms with Crippen molar-refractivity contribution in [2.75, 3.05) is 51.5 Å². The van der Waals surface area contributed by atoms with Crippen LogP contribution in [0.25, 0.3) is 0 Å². The summed E-state index contributed by atoms with van der Waals surface area (Å²) < 4.78 is 69.2. The van der Waals surface area contributed by atoms with Gasteiger partial charge in [-0.3, -0.25) is 0 Å². The van der Waals surface area contributed by atoms with Crippen molar-refractivity contribution in [2.24, 2.45) is 0 Å². The van der Waals surface area contributed by atoms with E-state index >= 15 is 0 Å². The second-order valence-electron chi connectivity index (χ2n) is 7.03. The molecule has 172 valence electrons. The first kappa shape index (κ1) is 25.1. The third kappa shape index (κ3) is 7.49. The van der Waals surface area contributed by atoms with Crippen LogP contribution in [-0.2, 0) is 34.9 Å². The highest BCUT2D eigenvalue weighted by molar-refractivity contribution is 7.90. The number of methoxy groups -OCH3 is 2. The quantitative estimate of drug-likeness (QED) is 0.432. The van der Waals surface area contributed by atoms with Crippen molar-refractivity contribution in [1.29, 1.82) is 0 Å². The third-order valence-corrected chi connectivity index (χ3v) is 6.28. The topological polar surface area (TPSA) is 105 Å². The van der Waals surface area contributed by atoms with Gasteiger partial charge in [-0.2, -0.15) is 0 Å². The highest BCUT2D eigenvalue weighted by atomic mass is 32.2. The second-order valence-corrected chi connectivity index (χ2v) is 11.5. The van der Waals surface area contributed by atoms with E-state index in [0.29, 0.717) is 22.6 Å². The zero-order valence-corrected chi connectivity index (χ0v) is 19.7. The molecule has 10 heteroatoms. The fourth-order valence-electron chi connectivity index (χ4n) is 2.84. The number of benzene rings is 2. The Kier molecular flexibility index (Phi) is 8.47. The maximum atomic E-state index is 11.7. The lowest BCUT2D eigenvalue weighted by Gasteiger charge is -2.35. The third-order valence-electron chi connectivity index (χ3n) is 4.46. The van der Waals surface area contributed by atoms with Crippen molar-refractivity contribution >= 4 is 19.7 Å². The van der Waals surface area contributed by atoms with Crippen LogP contribution in [-0.4, -0.2) is 68.3 Å². The summed E-state index contributed by atoms with van der Waals surface area (Å²) in [4.78, 5) is 0. The summed E-state index contributed by atoms with van der Waals surface area (Å²) in [6, 6.07) is 13.8. The van der Waals surface area contributed by atoms with Crippen molar-refractivity contribution in [3.63, 3.8) is 0 Å². The average molecular weight is 473 g/mol. The van der Waals surface area contributed by atoms with E-state index in [1.807, 2.05) is 0 Å². The van der Waals surface area contributed by atoms with E-state index in [0.717, 1.165) is 12.5 Å². The van der Waals surface area contributed by atoms with Crippen LogP contribution in [0.15, 0.2) is 48.5 Å². The molecule has 8 nitrogen and oxygen atoms in total. The summed E-state index contributed by atoms with van der Waals surface area (Å²) in [5.41, 5.74) is 1.11. The number of ether oxygens (including phenoxy) is 4. The molecule has 0 aliphatic heterocycles. The Morgan fingerprint density at radius 2 is 0.968 bits per heavy atom. The first-order valence-corrected chi connectivity index (χ1v) is 13.5. The minimum absolute atomic E-state index is 0.157. The predicted molar refractivity (Wildman–Crippen MR) is 118 cm³/mol. The molecular weight excluding hydrogens is 444 g/mol. The lowest BCUT2D eigenvalue weighted by Crippen LogP contribution is -2.37. The zero-order valence-electron chi connectivity index (χ0n) is 18.0. The van der Waals surface area contributed by atoms with Crippen molar-refractivity contribution in [3.8, 4) is 11.5 Å². The number of sulfone groups is 2. The van der Waals surface area contributed by atoms with Crippen LogP contribution in [0.1, 0.15) is 11.1 Å². The average Bonchev–Trinajstić information content (AvgIpc) is 2.71. The SMILES string of the molecule is COc1ccc(C(OCCS(C)(=O)=O)(OCCS(C)(=O)=O)c2ccc(OC)cc2)cc1. The molecule has 2 rings (SSSR count). The van der Waals surface area contributed by atoms with Gasteiger partial charge in [0.05, 0.1) is 38.9 Å². The van der Waals surface area contributed by atoms with Gasteiger partial charge in [0.15, 0.2) is 0 Å². The molecule has 0 saturated carbocycles. The molecule has 31 heavy (non-hydrogen) atoms. The van der Waals surface area contributed by atoms with Gasteiger partial charge in [0.25, 0.3) is 0 Å². The Hall–Kier alpha value is -2.14. The van der Waals surface area contributed by atoms with Gasteiger partial charge in [0.1, 0.15) is 31.2 Å². The predicted octanol–water partition coefficient (Wildman–Crippen LogP) is 2.03. The molecule has 0 aliphatic carbocycles. The minimum Gasteiger partial charge on any atom is -0.497 e. The monoisotopic (exact) mass is 472 g/mol. The second kappa shape index (κ2) is 10.4. The summed E-state index contributed by atoms with van der Waals surface area (Å²) in [6.45, 7) is -0.314. The van der Waals surface area contributed by atoms with Gasteiger partial charge < -0.3 is 18.9 Å². The molecule has 0 N–H and O–H groups in total. The Morgan fingerprint density at radius 1 is 0.645 bits per heavy atom. The molecule has 0 aliphatic rings. The van der Waals surface area contributed by atoms with Gasteiger partial charge in [0, 0.05) is 23.6 Å². The highest BCUT2D eigenvalue weighted by Gasteiger charge is 2.37. The number of hydrogen-bond acceptors (Lipinski definition) is 8. The molecule has 0 amide bonds. The normalized spacial score (nSPS) is 12.5. The van der Waals surface area contributed by atoms with Gasteiger partial charge in [-0.25, -0.2) is 16.8 Å². The fraction of sp³-hybridized carbons (Fsp3) is 0.429. The largest absolute Gasteiger partial charge is 0.497 e. The van der Waals surface area contributed by atoms with E-state index in [-0.39, 0.29) is 24.7 Å². The summed E-state index contributed by atoms with van der Waals surface area (Å²) in [7, 11) is -3.51. The molecule has 0 bridgehead atoms. The van der Waals surface area contributed by atoms with Crippen LogP contribution in [0.3, 0.4) is 0 Å². The lowest BCUT2D eigenvalue weighted by molar-refractivity contribution is -0.211. The van der Waals surface area contributed by atoms with Gasteiger partial charge >= 0.3 is 0 Å². The smallest absolute Gasteiger partial charge is 0.222 e. The molecule has 0 heterocycles. The Bertz CT molecular complexity index is 956. The summed E-state index contributed by atoms with van der Waals surface area (Å²) in [6.07, 6.45) is 2.23. The van der Waals surface area contributed by atoms with E-state index in [2.05, 4.69) is 0 Å². The molecule has 0 spiro atoms. The summed E-state index contributed by atoms with van der Waals surface area (Å²) in [5, 5.41) is 0. The van der Waals surface area contributed by atoms with Gasteiger partial charge in [-0.15, -0.1) is 0 Å². The Balaban J connectivity index is 2.54. The molecule has 2 aromatic rings. The maximum absolute atomic E-state index is 11.7. The molecule has 2 aromatic carbocycles. The first-order valence-electron chi connectivity index (χ1n) is 9.41. The molecule has 0 atom stereocenters. The van der Waals surface area contributed by atoms with E-state index in [4.69, 9.17) is 18.9 Å². The van der Waals surface area contributed by atoms with Crippen LogP contribution in [0.4, 0.5) is 0 Å². The number of hydrogen-bond donors (Lipinski definition) is 0. The van der Waals surface area contributed by atoms with Gasteiger partial charge in [-0.05, 0) is 48.5 Å². The highest BCUT2D eigenvalue weighted by Crippen LogP contribution is 2.37. The van der Waals surface area contributed by atoms with Gasteiger partial charge in [-0.1, -0.05) is 0 Å². The minimum atomic E-state index is -3.29. The number of rotatable bonds is 12. The summed E-state index contributed by atoms with van der Waals surface area (Å²) >= 11 is 0. The standard InChI is InChI=1S/C21H28O8S2/c1-26-19-9-5-17(6-10-19)21(28-13-15-30(3,22)23,29-14-16-31(4,24)25)18-7-11-20(27-2)12-8-18/h5-12H,13-16H2,1-4H3. The van der Waals surface area contributed by atoms with Crippen LogP contribution < -0.4 is 9.47 Å². The van der Waals surface area contributed by atoms with E-state index in [9.17, 15) is 16.8 Å². The van der Waals surface area contributed by atoms with Crippen molar-refractivity contribution in [1.82, 2.24) is 0 Å². The van der Waals surface area contributed by atoms with Crippen LogP contribution in [0, 0.1) is 0 Å². The van der Waals surface area contributed by atoms with Crippen LogP contribution >= 0.6 is 0 Å². The van der Waals surface area contributed by atoms with Gasteiger partial charge in [0.2, 0.25) is 5.79 Å². The van der Waals surface area contributed by atoms with Crippen LogP contribution in [0.5, 0.6) is 11.5 Å². The lowest BCUT2D eigenvalue weighted by atomic mass is 9.96.